The van der Waals surface area contributed by atoms with Gasteiger partial charge in [-0.3, -0.25) is 4.98 Å². The summed E-state index contributed by atoms with van der Waals surface area (Å²) in [5.41, 5.74) is 2.35. The Morgan fingerprint density at radius 3 is 2.55 bits per heavy atom. The number of fused-ring (bicyclic) bond motifs is 1. The summed E-state index contributed by atoms with van der Waals surface area (Å²) in [6, 6.07) is 9.28. The molecule has 1 aliphatic rings. The quantitative estimate of drug-likeness (QED) is 0.307. The lowest BCUT2D eigenvalue weighted by Gasteiger charge is -2.34. The van der Waals surface area contributed by atoms with Gasteiger partial charge in [0.2, 0.25) is 0 Å². The van der Waals surface area contributed by atoms with E-state index in [1.807, 2.05) is 0 Å². The van der Waals surface area contributed by atoms with E-state index in [1.165, 1.54) is 25.4 Å². The number of rotatable bonds is 8. The van der Waals surface area contributed by atoms with Crippen LogP contribution in [0.25, 0.3) is 10.9 Å². The number of methoxy groups -OCH3 is 1. The Hall–Kier alpha value is -4.10. The minimum atomic E-state index is -4.88. The Kier molecular flexibility index (Phi) is 7.88. The number of benzene rings is 2. The summed E-state index contributed by atoms with van der Waals surface area (Å²) in [5.74, 6) is 0.427. The Morgan fingerprint density at radius 2 is 1.95 bits per heavy atom. The van der Waals surface area contributed by atoms with Gasteiger partial charge in [0.25, 0.3) is 0 Å². The third kappa shape index (κ3) is 6.06. The Balaban J connectivity index is 1.66. The van der Waals surface area contributed by atoms with Gasteiger partial charge >= 0.3 is 6.36 Å². The number of halogens is 4. The molecular weight excluding hydrogens is 521 g/mol. The third-order valence-corrected chi connectivity index (χ3v) is 6.37. The molecule has 3 aromatic rings. The standard InChI is InChI=1S/C27H24ClF3N4O3/c1-4-16(2)35-9-7-19(8-10-35)37-25-12-20-22(13-24(25)36-3)33-15-17(14-32)26(20)34-18-5-6-23(21(28)11-18)38-27(29,30)31/h4-6,11-13,15,19H,1-2,7-10H2,3H3,(H,33,34). The van der Waals surface area contributed by atoms with Crippen LogP contribution in [-0.2, 0) is 0 Å². The highest BCUT2D eigenvalue weighted by Gasteiger charge is 2.32. The predicted molar refractivity (Wildman–Crippen MR) is 139 cm³/mol. The molecule has 1 aliphatic heterocycles. The predicted octanol–water partition coefficient (Wildman–Crippen LogP) is 6.95. The minimum Gasteiger partial charge on any atom is -0.493 e. The van der Waals surface area contributed by atoms with Crippen molar-refractivity contribution in [2.75, 3.05) is 25.5 Å². The highest BCUT2D eigenvalue weighted by Crippen LogP contribution is 2.39. The molecule has 7 nitrogen and oxygen atoms in total. The monoisotopic (exact) mass is 544 g/mol. The van der Waals surface area contributed by atoms with E-state index in [4.69, 9.17) is 21.1 Å². The molecule has 0 saturated carbocycles. The first-order valence-electron chi connectivity index (χ1n) is 11.6. The molecule has 0 aliphatic carbocycles. The van der Waals surface area contributed by atoms with Crippen LogP contribution in [0.1, 0.15) is 18.4 Å². The van der Waals surface area contributed by atoms with Gasteiger partial charge in [0, 0.05) is 55.0 Å². The second-order valence-electron chi connectivity index (χ2n) is 8.50. The fourth-order valence-electron chi connectivity index (χ4n) is 4.17. The molecular formula is C27H24ClF3N4O3. The number of ether oxygens (including phenoxy) is 3. The van der Waals surface area contributed by atoms with E-state index in [0.717, 1.165) is 37.7 Å². The van der Waals surface area contributed by atoms with E-state index in [2.05, 4.69) is 39.2 Å². The molecule has 0 amide bonds. The van der Waals surface area contributed by atoms with Gasteiger partial charge in [-0.2, -0.15) is 5.26 Å². The largest absolute Gasteiger partial charge is 0.573 e. The van der Waals surface area contributed by atoms with Crippen molar-refractivity contribution in [3.05, 3.63) is 72.0 Å². The molecule has 0 atom stereocenters. The molecule has 1 fully saturated rings. The smallest absolute Gasteiger partial charge is 0.493 e. The molecule has 38 heavy (non-hydrogen) atoms. The zero-order valence-corrected chi connectivity index (χ0v) is 21.2. The Labute approximate surface area is 222 Å². The number of likely N-dealkylation sites (tertiary alicyclic amines) is 1. The maximum Gasteiger partial charge on any atom is 0.573 e. The van der Waals surface area contributed by atoms with Gasteiger partial charge in [0.15, 0.2) is 11.5 Å². The van der Waals surface area contributed by atoms with Crippen LogP contribution in [0, 0.1) is 11.3 Å². The lowest BCUT2D eigenvalue weighted by molar-refractivity contribution is -0.274. The molecule has 1 N–H and O–H groups in total. The van der Waals surface area contributed by atoms with Crippen molar-refractivity contribution in [3.8, 4) is 23.3 Å². The van der Waals surface area contributed by atoms with E-state index in [-0.39, 0.29) is 16.7 Å². The third-order valence-electron chi connectivity index (χ3n) is 6.08. The van der Waals surface area contributed by atoms with E-state index in [0.29, 0.717) is 33.8 Å². The second kappa shape index (κ2) is 11.1. The van der Waals surface area contributed by atoms with E-state index < -0.39 is 12.1 Å². The second-order valence-corrected chi connectivity index (χ2v) is 8.90. The topological polar surface area (TPSA) is 79.6 Å². The SMILES string of the molecule is C=CC(=C)N1CCC(Oc2cc3c(Nc4ccc(OC(F)(F)F)c(Cl)c4)c(C#N)cnc3cc2OC)CC1. The fourth-order valence-corrected chi connectivity index (χ4v) is 4.39. The number of hydrogen-bond donors (Lipinski definition) is 1. The van der Waals surface area contributed by atoms with Crippen molar-refractivity contribution in [3.63, 3.8) is 0 Å². The van der Waals surface area contributed by atoms with E-state index in [1.54, 1.807) is 18.2 Å². The first kappa shape index (κ1) is 26.9. The van der Waals surface area contributed by atoms with E-state index >= 15 is 0 Å². The number of pyridine rings is 1. The van der Waals surface area contributed by atoms with Crippen molar-refractivity contribution >= 4 is 33.9 Å². The number of alkyl halides is 3. The number of nitriles is 1. The average molecular weight is 545 g/mol. The molecule has 0 unspecified atom stereocenters. The minimum absolute atomic E-state index is 0.0706. The molecule has 1 saturated heterocycles. The molecule has 2 heterocycles. The van der Waals surface area contributed by atoms with Crippen LogP contribution in [0.4, 0.5) is 24.5 Å². The Bertz CT molecular complexity index is 1410. The van der Waals surface area contributed by atoms with Crippen LogP contribution < -0.4 is 19.5 Å². The summed E-state index contributed by atoms with van der Waals surface area (Å²) in [6.07, 6.45) is -0.291. The normalized spacial score (nSPS) is 14.1. The van der Waals surface area contributed by atoms with Gasteiger partial charge in [-0.05, 0) is 30.3 Å². The van der Waals surface area contributed by atoms with Crippen molar-refractivity contribution in [1.29, 1.82) is 5.26 Å². The molecule has 0 radical (unpaired) electrons. The number of piperidine rings is 1. The van der Waals surface area contributed by atoms with Gasteiger partial charge in [0.1, 0.15) is 17.9 Å². The van der Waals surface area contributed by atoms with Gasteiger partial charge in [-0.15, -0.1) is 13.2 Å². The zero-order chi connectivity index (χ0) is 27.4. The van der Waals surface area contributed by atoms with Gasteiger partial charge in [-0.1, -0.05) is 24.8 Å². The summed E-state index contributed by atoms with van der Waals surface area (Å²) < 4.78 is 53.6. The molecule has 1 aromatic heterocycles. The van der Waals surface area contributed by atoms with Crippen molar-refractivity contribution in [2.45, 2.75) is 25.3 Å². The van der Waals surface area contributed by atoms with Crippen LogP contribution in [0.15, 0.2) is 61.5 Å². The average Bonchev–Trinajstić information content (AvgIpc) is 2.89. The van der Waals surface area contributed by atoms with Crippen LogP contribution in [0.2, 0.25) is 5.02 Å². The number of nitrogens with one attached hydrogen (secondary N) is 1. The van der Waals surface area contributed by atoms with Crippen LogP contribution >= 0.6 is 11.6 Å². The number of hydrogen-bond acceptors (Lipinski definition) is 7. The molecule has 11 heteroatoms. The summed E-state index contributed by atoms with van der Waals surface area (Å²) in [6.45, 7) is 9.30. The van der Waals surface area contributed by atoms with Crippen LogP contribution in [-0.4, -0.2) is 42.5 Å². The number of nitrogens with zero attached hydrogens (tertiary/aromatic N) is 3. The van der Waals surface area contributed by atoms with Crippen molar-refractivity contribution in [1.82, 2.24) is 9.88 Å². The summed E-state index contributed by atoms with van der Waals surface area (Å²) in [4.78, 5) is 6.51. The maximum absolute atomic E-state index is 12.6. The molecule has 0 bridgehead atoms. The number of aromatic nitrogens is 1. The summed E-state index contributed by atoms with van der Waals surface area (Å²) >= 11 is 6.01. The van der Waals surface area contributed by atoms with Gasteiger partial charge in [-0.25, -0.2) is 0 Å². The Morgan fingerprint density at radius 1 is 1.21 bits per heavy atom. The molecule has 198 valence electrons. The lowest BCUT2D eigenvalue weighted by atomic mass is 10.1. The molecule has 0 spiro atoms. The van der Waals surface area contributed by atoms with Crippen LogP contribution in [0.5, 0.6) is 17.2 Å². The highest BCUT2D eigenvalue weighted by molar-refractivity contribution is 6.32. The zero-order valence-electron chi connectivity index (χ0n) is 20.4. The fraction of sp³-hybridized carbons (Fsp3) is 0.259. The summed E-state index contributed by atoms with van der Waals surface area (Å²) in [5, 5.41) is 13.1. The first-order chi connectivity index (χ1) is 18.1. The maximum atomic E-state index is 12.6. The molecule has 4 rings (SSSR count). The highest BCUT2D eigenvalue weighted by atomic mass is 35.5. The first-order valence-corrected chi connectivity index (χ1v) is 12.0. The number of anilines is 2. The van der Waals surface area contributed by atoms with Gasteiger partial charge < -0.3 is 24.4 Å². The van der Waals surface area contributed by atoms with Crippen molar-refractivity contribution in [2.24, 2.45) is 0 Å². The summed E-state index contributed by atoms with van der Waals surface area (Å²) in [7, 11) is 1.53. The van der Waals surface area contributed by atoms with Crippen molar-refractivity contribution < 1.29 is 27.4 Å². The van der Waals surface area contributed by atoms with E-state index in [9.17, 15) is 18.4 Å². The van der Waals surface area contributed by atoms with Gasteiger partial charge in [0.05, 0.1) is 28.9 Å². The lowest BCUT2D eigenvalue weighted by Crippen LogP contribution is -2.37. The molecule has 2 aromatic carbocycles. The number of allylic oxidation sites excluding steroid dienone is 1. The van der Waals surface area contributed by atoms with Crippen LogP contribution in [0.3, 0.4) is 0 Å².